The monoisotopic (exact) mass is 168 g/mol. The molecule has 0 aliphatic carbocycles. The highest BCUT2D eigenvalue weighted by molar-refractivity contribution is 5.87. The lowest BCUT2D eigenvalue weighted by Gasteiger charge is -1.95. The molecule has 0 amide bonds. The van der Waals surface area contributed by atoms with Crippen molar-refractivity contribution in [3.05, 3.63) is 23.8 Å². The highest BCUT2D eigenvalue weighted by atomic mass is 16.6. The van der Waals surface area contributed by atoms with Crippen LogP contribution in [0.15, 0.2) is 23.8 Å². The Bertz CT molecular complexity index is 224. The van der Waals surface area contributed by atoms with Crippen LogP contribution in [0.5, 0.6) is 0 Å². The molecule has 0 aromatic heterocycles. The number of carboxylic acids is 1. The van der Waals surface area contributed by atoms with Crippen molar-refractivity contribution in [3.8, 4) is 0 Å². The van der Waals surface area contributed by atoms with Crippen molar-refractivity contribution >= 4 is 5.97 Å². The van der Waals surface area contributed by atoms with Crippen molar-refractivity contribution in [1.29, 1.82) is 0 Å². The summed E-state index contributed by atoms with van der Waals surface area (Å²) in [5, 5.41) is 8.72. The molecule has 0 bridgehead atoms. The maximum Gasteiger partial charge on any atom is 0.331 e. The first kappa shape index (κ1) is 9.00. The van der Waals surface area contributed by atoms with Gasteiger partial charge in [-0.25, -0.2) is 4.79 Å². The van der Waals surface area contributed by atoms with Crippen LogP contribution in [-0.2, 0) is 9.53 Å². The molecule has 1 aliphatic heterocycles. The third kappa shape index (κ3) is 2.88. The molecule has 1 fully saturated rings. The van der Waals surface area contributed by atoms with Gasteiger partial charge in [0, 0.05) is 12.0 Å². The van der Waals surface area contributed by atoms with Gasteiger partial charge >= 0.3 is 5.97 Å². The SMILES string of the molecule is CC=CC=C(CC1CO1)C(=O)O. The van der Waals surface area contributed by atoms with Crippen molar-refractivity contribution < 1.29 is 14.6 Å². The zero-order chi connectivity index (χ0) is 8.97. The van der Waals surface area contributed by atoms with Crippen molar-refractivity contribution in [3.63, 3.8) is 0 Å². The maximum absolute atomic E-state index is 10.6. The van der Waals surface area contributed by atoms with E-state index in [0.29, 0.717) is 18.6 Å². The summed E-state index contributed by atoms with van der Waals surface area (Å²) in [5.41, 5.74) is 0.413. The van der Waals surface area contributed by atoms with Crippen molar-refractivity contribution in [2.24, 2.45) is 0 Å². The normalized spacial score (nSPS) is 23.1. The Balaban J connectivity index is 2.52. The summed E-state index contributed by atoms with van der Waals surface area (Å²) < 4.78 is 4.94. The van der Waals surface area contributed by atoms with Gasteiger partial charge in [0.2, 0.25) is 0 Å². The number of hydrogen-bond donors (Lipinski definition) is 1. The van der Waals surface area contributed by atoms with Gasteiger partial charge in [-0.3, -0.25) is 0 Å². The molecule has 12 heavy (non-hydrogen) atoms. The topological polar surface area (TPSA) is 49.8 Å². The highest BCUT2D eigenvalue weighted by Gasteiger charge is 2.25. The summed E-state index contributed by atoms with van der Waals surface area (Å²) in [4.78, 5) is 10.6. The molecule has 1 unspecified atom stereocenters. The minimum atomic E-state index is -0.858. The molecule has 66 valence electrons. The molecule has 3 heteroatoms. The zero-order valence-corrected chi connectivity index (χ0v) is 6.99. The van der Waals surface area contributed by atoms with Gasteiger partial charge in [-0.1, -0.05) is 18.2 Å². The van der Waals surface area contributed by atoms with E-state index in [2.05, 4.69) is 0 Å². The maximum atomic E-state index is 10.6. The Morgan fingerprint density at radius 1 is 1.75 bits per heavy atom. The lowest BCUT2D eigenvalue weighted by Crippen LogP contribution is -2.03. The predicted octanol–water partition coefficient (Wildman–Crippen LogP) is 1.36. The molecule has 1 heterocycles. The lowest BCUT2D eigenvalue weighted by molar-refractivity contribution is -0.132. The second kappa shape index (κ2) is 4.07. The molecule has 1 rings (SSSR count). The van der Waals surface area contributed by atoms with E-state index < -0.39 is 5.97 Å². The first-order valence-electron chi connectivity index (χ1n) is 3.90. The van der Waals surface area contributed by atoms with Crippen LogP contribution >= 0.6 is 0 Å². The Kier molecular flexibility index (Phi) is 3.05. The Morgan fingerprint density at radius 2 is 2.42 bits per heavy atom. The van der Waals surface area contributed by atoms with Gasteiger partial charge < -0.3 is 9.84 Å². The van der Waals surface area contributed by atoms with E-state index in [-0.39, 0.29) is 6.10 Å². The molecule has 0 saturated carbocycles. The average molecular weight is 168 g/mol. The number of carbonyl (C=O) groups is 1. The Labute approximate surface area is 71.3 Å². The van der Waals surface area contributed by atoms with Crippen molar-refractivity contribution in [2.45, 2.75) is 19.4 Å². The molecule has 0 aromatic rings. The summed E-state index contributed by atoms with van der Waals surface area (Å²) in [6.45, 7) is 2.55. The summed E-state index contributed by atoms with van der Waals surface area (Å²) >= 11 is 0. The van der Waals surface area contributed by atoms with Crippen LogP contribution in [0.2, 0.25) is 0 Å². The van der Waals surface area contributed by atoms with Crippen molar-refractivity contribution in [1.82, 2.24) is 0 Å². The summed E-state index contributed by atoms with van der Waals surface area (Å²) in [5.74, 6) is -0.858. The fourth-order valence-electron chi connectivity index (χ4n) is 0.870. The molecule has 3 nitrogen and oxygen atoms in total. The van der Waals surface area contributed by atoms with E-state index in [9.17, 15) is 4.79 Å². The first-order valence-corrected chi connectivity index (χ1v) is 3.90. The Hall–Kier alpha value is -1.09. The Morgan fingerprint density at radius 3 is 2.83 bits per heavy atom. The smallest absolute Gasteiger partial charge is 0.331 e. The quantitative estimate of drug-likeness (QED) is 0.391. The predicted molar refractivity (Wildman–Crippen MR) is 44.9 cm³/mol. The van der Waals surface area contributed by atoms with Crippen LogP contribution in [0, 0.1) is 0 Å². The molecule has 1 N–H and O–H groups in total. The molecule has 0 spiro atoms. The second-order valence-corrected chi connectivity index (χ2v) is 2.68. The van der Waals surface area contributed by atoms with Crippen LogP contribution in [0.25, 0.3) is 0 Å². The van der Waals surface area contributed by atoms with Crippen LogP contribution in [0.4, 0.5) is 0 Å². The molecular formula is C9H12O3. The van der Waals surface area contributed by atoms with Gasteiger partial charge in [-0.05, 0) is 6.92 Å². The number of aliphatic carboxylic acids is 1. The molecule has 1 atom stereocenters. The molecule has 1 aliphatic rings. The summed E-state index contributed by atoms with van der Waals surface area (Å²) in [6, 6.07) is 0. The lowest BCUT2D eigenvalue weighted by atomic mass is 10.1. The zero-order valence-electron chi connectivity index (χ0n) is 6.99. The van der Waals surface area contributed by atoms with E-state index >= 15 is 0 Å². The van der Waals surface area contributed by atoms with Gasteiger partial charge in [0.1, 0.15) is 0 Å². The minimum Gasteiger partial charge on any atom is -0.478 e. The fraction of sp³-hybridized carbons (Fsp3) is 0.444. The number of allylic oxidation sites excluding steroid dienone is 3. The second-order valence-electron chi connectivity index (χ2n) is 2.68. The van der Waals surface area contributed by atoms with Crippen LogP contribution in [-0.4, -0.2) is 23.8 Å². The molecule has 1 saturated heterocycles. The molecular weight excluding hydrogens is 156 g/mol. The average Bonchev–Trinajstić information content (AvgIpc) is 2.80. The number of hydrogen-bond acceptors (Lipinski definition) is 2. The van der Waals surface area contributed by atoms with Gasteiger partial charge in [0.25, 0.3) is 0 Å². The largest absolute Gasteiger partial charge is 0.478 e. The third-order valence-electron chi connectivity index (χ3n) is 1.61. The minimum absolute atomic E-state index is 0.137. The fourth-order valence-corrected chi connectivity index (χ4v) is 0.870. The summed E-state index contributed by atoms with van der Waals surface area (Å²) in [6.07, 6.45) is 5.80. The van der Waals surface area contributed by atoms with Crippen molar-refractivity contribution in [2.75, 3.05) is 6.61 Å². The number of epoxide rings is 1. The summed E-state index contributed by atoms with van der Waals surface area (Å²) in [7, 11) is 0. The van der Waals surface area contributed by atoms with Gasteiger partial charge in [0.05, 0.1) is 12.7 Å². The van der Waals surface area contributed by atoms with Gasteiger partial charge in [-0.15, -0.1) is 0 Å². The van der Waals surface area contributed by atoms with Crippen LogP contribution in [0.1, 0.15) is 13.3 Å². The van der Waals surface area contributed by atoms with E-state index in [0.717, 1.165) is 0 Å². The van der Waals surface area contributed by atoms with E-state index in [1.807, 2.05) is 6.92 Å². The third-order valence-corrected chi connectivity index (χ3v) is 1.61. The van der Waals surface area contributed by atoms with E-state index in [4.69, 9.17) is 9.84 Å². The molecule has 0 aromatic carbocycles. The molecule has 0 radical (unpaired) electrons. The van der Waals surface area contributed by atoms with Crippen LogP contribution in [0.3, 0.4) is 0 Å². The van der Waals surface area contributed by atoms with E-state index in [1.54, 1.807) is 18.2 Å². The van der Waals surface area contributed by atoms with E-state index in [1.165, 1.54) is 0 Å². The number of rotatable bonds is 4. The standard InChI is InChI=1S/C9H12O3/c1-2-3-4-7(9(10)11)5-8-6-12-8/h2-4,8H,5-6H2,1H3,(H,10,11). The number of ether oxygens (including phenoxy) is 1. The highest BCUT2D eigenvalue weighted by Crippen LogP contribution is 2.19. The van der Waals surface area contributed by atoms with Crippen LogP contribution < -0.4 is 0 Å². The number of carboxylic acid groups (broad SMARTS) is 1. The van der Waals surface area contributed by atoms with Gasteiger partial charge in [-0.2, -0.15) is 0 Å². The first-order chi connectivity index (χ1) is 5.74. The van der Waals surface area contributed by atoms with Gasteiger partial charge in [0.15, 0.2) is 0 Å².